The van der Waals surface area contributed by atoms with Crippen LogP contribution in [0, 0.1) is 0 Å². The van der Waals surface area contributed by atoms with Crippen LogP contribution in [0.3, 0.4) is 0 Å². The van der Waals surface area contributed by atoms with E-state index in [0.717, 1.165) is 25.7 Å². The van der Waals surface area contributed by atoms with Crippen LogP contribution in [0.4, 0.5) is 0 Å². The summed E-state index contributed by atoms with van der Waals surface area (Å²) in [6, 6.07) is 11.3. The maximum Gasteiger partial charge on any atom is 0.305 e. The minimum Gasteiger partial charge on any atom is -0.459 e. The number of nitrogens with one attached hydrogen (secondary N) is 2. The van der Waals surface area contributed by atoms with Crippen molar-refractivity contribution in [2.45, 2.75) is 36.3 Å². The zero-order valence-electron chi connectivity index (χ0n) is 16.0. The van der Waals surface area contributed by atoms with Gasteiger partial charge in [-0.2, -0.15) is 0 Å². The highest BCUT2D eigenvalue weighted by atomic mass is 32.2. The summed E-state index contributed by atoms with van der Waals surface area (Å²) >= 11 is 1.44. The summed E-state index contributed by atoms with van der Waals surface area (Å²) in [4.78, 5) is 26.8. The molecule has 1 aromatic carbocycles. The number of amides is 2. The highest BCUT2D eigenvalue weighted by Gasteiger charge is 2.23. The largest absolute Gasteiger partial charge is 0.459 e. The number of sulfone groups is 1. The summed E-state index contributed by atoms with van der Waals surface area (Å²) < 4.78 is 30.3. The van der Waals surface area contributed by atoms with E-state index in [9.17, 15) is 18.0 Å². The van der Waals surface area contributed by atoms with Crippen molar-refractivity contribution in [2.75, 3.05) is 0 Å². The van der Waals surface area contributed by atoms with E-state index in [0.29, 0.717) is 4.88 Å². The molecule has 2 amide bonds. The molecule has 156 valence electrons. The van der Waals surface area contributed by atoms with Gasteiger partial charge in [-0.05, 0) is 55.5 Å². The Morgan fingerprint density at radius 1 is 1.00 bits per heavy atom. The van der Waals surface area contributed by atoms with Crippen molar-refractivity contribution in [1.82, 2.24) is 10.9 Å². The second-order valence-corrected chi connectivity index (χ2v) is 10.1. The lowest BCUT2D eigenvalue weighted by Gasteiger charge is -2.08. The summed E-state index contributed by atoms with van der Waals surface area (Å²) in [5.74, 6) is -1.66. The van der Waals surface area contributed by atoms with Gasteiger partial charge in [0.15, 0.2) is 15.6 Å². The van der Waals surface area contributed by atoms with Crippen LogP contribution in [0.1, 0.15) is 49.1 Å². The molecule has 2 aromatic heterocycles. The smallest absolute Gasteiger partial charge is 0.305 e. The molecule has 2 N–H and O–H groups in total. The Morgan fingerprint density at radius 3 is 2.50 bits per heavy atom. The van der Waals surface area contributed by atoms with Gasteiger partial charge in [0, 0.05) is 10.4 Å². The predicted octanol–water partition coefficient (Wildman–Crippen LogP) is 3.27. The summed E-state index contributed by atoms with van der Waals surface area (Å²) in [7, 11) is -3.64. The summed E-state index contributed by atoms with van der Waals surface area (Å²) in [6.45, 7) is 0. The SMILES string of the molecule is O=C(NNC(=O)c1occc1CS(=O)(=O)c1ccccc1)c1cc2c(s1)CCCC2. The first-order chi connectivity index (χ1) is 14.4. The fraction of sp³-hybridized carbons (Fsp3) is 0.238. The summed E-state index contributed by atoms with van der Waals surface area (Å²) in [5.41, 5.74) is 6.11. The molecule has 30 heavy (non-hydrogen) atoms. The minimum absolute atomic E-state index is 0.153. The van der Waals surface area contributed by atoms with Gasteiger partial charge in [0.2, 0.25) is 0 Å². The van der Waals surface area contributed by atoms with Gasteiger partial charge in [-0.15, -0.1) is 11.3 Å². The number of carbonyl (C=O) groups is 2. The fourth-order valence-electron chi connectivity index (χ4n) is 3.40. The van der Waals surface area contributed by atoms with E-state index in [4.69, 9.17) is 4.42 Å². The van der Waals surface area contributed by atoms with Gasteiger partial charge in [0.1, 0.15) is 0 Å². The van der Waals surface area contributed by atoms with Crippen molar-refractivity contribution in [2.24, 2.45) is 0 Å². The highest BCUT2D eigenvalue weighted by molar-refractivity contribution is 7.90. The van der Waals surface area contributed by atoms with Crippen LogP contribution in [0.15, 0.2) is 58.0 Å². The van der Waals surface area contributed by atoms with Crippen molar-refractivity contribution in [1.29, 1.82) is 0 Å². The van der Waals surface area contributed by atoms with Crippen LogP contribution in [0.5, 0.6) is 0 Å². The summed E-state index contributed by atoms with van der Waals surface area (Å²) in [5, 5.41) is 0. The number of aryl methyl sites for hydroxylation is 2. The number of fused-ring (bicyclic) bond motifs is 1. The predicted molar refractivity (Wildman–Crippen MR) is 112 cm³/mol. The lowest BCUT2D eigenvalue weighted by Crippen LogP contribution is -2.41. The highest BCUT2D eigenvalue weighted by Crippen LogP contribution is 2.29. The minimum atomic E-state index is -3.64. The summed E-state index contributed by atoms with van der Waals surface area (Å²) in [6.07, 6.45) is 5.44. The number of carbonyl (C=O) groups excluding carboxylic acids is 2. The molecule has 0 bridgehead atoms. The third kappa shape index (κ3) is 4.31. The van der Waals surface area contributed by atoms with E-state index in [1.807, 2.05) is 6.07 Å². The average molecular weight is 445 g/mol. The van der Waals surface area contributed by atoms with Crippen molar-refractivity contribution in [3.63, 3.8) is 0 Å². The first-order valence-electron chi connectivity index (χ1n) is 9.50. The molecule has 4 rings (SSSR count). The number of benzene rings is 1. The van der Waals surface area contributed by atoms with Gasteiger partial charge >= 0.3 is 5.91 Å². The topological polar surface area (TPSA) is 105 Å². The van der Waals surface area contributed by atoms with Gasteiger partial charge in [-0.25, -0.2) is 8.42 Å². The van der Waals surface area contributed by atoms with Gasteiger partial charge in [0.05, 0.1) is 21.8 Å². The Bertz CT molecular complexity index is 1160. The number of rotatable bonds is 5. The number of hydrogen-bond acceptors (Lipinski definition) is 6. The van der Waals surface area contributed by atoms with Crippen molar-refractivity contribution in [3.05, 3.63) is 75.4 Å². The standard InChI is InChI=1S/C21H20N2O5S2/c24-20(18-12-14-6-4-5-9-17(14)29-18)22-23-21(25)19-15(10-11-28-19)13-30(26,27)16-7-2-1-3-8-16/h1-3,7-8,10-12H,4-6,9,13H2,(H,22,24)(H,23,25). The molecular weight excluding hydrogens is 424 g/mol. The van der Waals surface area contributed by atoms with Crippen LogP contribution in [-0.4, -0.2) is 20.2 Å². The van der Waals surface area contributed by atoms with E-state index in [-0.39, 0.29) is 22.0 Å². The number of furan rings is 1. The molecule has 1 aliphatic carbocycles. The zero-order chi connectivity index (χ0) is 21.1. The average Bonchev–Trinajstić information content (AvgIpc) is 3.39. The molecule has 0 radical (unpaired) electrons. The molecule has 3 aromatic rings. The second kappa shape index (κ2) is 8.45. The molecule has 0 unspecified atom stereocenters. The van der Waals surface area contributed by atoms with Crippen molar-refractivity contribution < 1.29 is 22.4 Å². The van der Waals surface area contributed by atoms with Crippen molar-refractivity contribution in [3.8, 4) is 0 Å². The molecule has 0 saturated carbocycles. The molecule has 0 atom stereocenters. The monoisotopic (exact) mass is 444 g/mol. The van der Waals surface area contributed by atoms with Gasteiger partial charge in [0.25, 0.3) is 5.91 Å². The molecular formula is C21H20N2O5S2. The number of hydrogen-bond donors (Lipinski definition) is 2. The second-order valence-electron chi connectivity index (χ2n) is 7.02. The molecule has 0 aliphatic heterocycles. The molecule has 7 nitrogen and oxygen atoms in total. The van der Waals surface area contributed by atoms with E-state index in [1.165, 1.54) is 46.2 Å². The number of thiophene rings is 1. The first kappa shape index (κ1) is 20.4. The third-order valence-electron chi connectivity index (χ3n) is 4.91. The van der Waals surface area contributed by atoms with Crippen molar-refractivity contribution >= 4 is 33.0 Å². The first-order valence-corrected chi connectivity index (χ1v) is 12.0. The Morgan fingerprint density at radius 2 is 1.73 bits per heavy atom. The Kier molecular flexibility index (Phi) is 5.74. The molecule has 0 fully saturated rings. The van der Waals surface area contributed by atoms with Crippen LogP contribution >= 0.6 is 11.3 Å². The molecule has 0 saturated heterocycles. The fourth-order valence-corrected chi connectivity index (χ4v) is 5.92. The quantitative estimate of drug-likeness (QED) is 0.588. The molecule has 2 heterocycles. The van der Waals surface area contributed by atoms with E-state index in [1.54, 1.807) is 18.2 Å². The van der Waals surface area contributed by atoms with Gasteiger partial charge in [-0.3, -0.25) is 20.4 Å². The normalized spacial score (nSPS) is 13.5. The molecule has 0 spiro atoms. The van der Waals surface area contributed by atoms with E-state index in [2.05, 4.69) is 10.9 Å². The Hall–Kier alpha value is -2.91. The lowest BCUT2D eigenvalue weighted by molar-refractivity contribution is 0.0832. The van der Waals surface area contributed by atoms with Crippen LogP contribution in [0.2, 0.25) is 0 Å². The Labute approximate surface area is 178 Å². The van der Waals surface area contributed by atoms with Crippen LogP contribution < -0.4 is 10.9 Å². The molecule has 1 aliphatic rings. The Balaban J connectivity index is 1.42. The van der Waals surface area contributed by atoms with Crippen LogP contribution in [0.25, 0.3) is 0 Å². The van der Waals surface area contributed by atoms with E-state index < -0.39 is 21.7 Å². The lowest BCUT2D eigenvalue weighted by atomic mass is 9.99. The third-order valence-corrected chi connectivity index (χ3v) is 7.83. The number of hydrazine groups is 1. The van der Waals surface area contributed by atoms with E-state index >= 15 is 0 Å². The maximum absolute atomic E-state index is 12.6. The maximum atomic E-state index is 12.6. The zero-order valence-corrected chi connectivity index (χ0v) is 17.6. The molecule has 9 heteroatoms. The van der Waals surface area contributed by atoms with Gasteiger partial charge < -0.3 is 4.42 Å². The van der Waals surface area contributed by atoms with Gasteiger partial charge in [-0.1, -0.05) is 18.2 Å². The van der Waals surface area contributed by atoms with Crippen LogP contribution in [-0.2, 0) is 28.4 Å².